The van der Waals surface area contributed by atoms with E-state index >= 15 is 0 Å². The first-order valence-electron chi connectivity index (χ1n) is 9.91. The van der Waals surface area contributed by atoms with Crippen LogP contribution in [0.3, 0.4) is 0 Å². The van der Waals surface area contributed by atoms with E-state index in [1.54, 1.807) is 24.3 Å². The van der Waals surface area contributed by atoms with E-state index in [0.717, 1.165) is 24.2 Å². The molecule has 1 aliphatic heterocycles. The number of benzene rings is 1. The minimum absolute atomic E-state index is 0.0131. The molecule has 2 aliphatic rings. The highest BCUT2D eigenvalue weighted by Gasteiger charge is 2.55. The lowest BCUT2D eigenvalue weighted by Gasteiger charge is -2.36. The van der Waals surface area contributed by atoms with Gasteiger partial charge in [-0.2, -0.15) is 5.26 Å². The quantitative estimate of drug-likeness (QED) is 0.562. The van der Waals surface area contributed by atoms with Crippen molar-refractivity contribution < 1.29 is 23.9 Å². The van der Waals surface area contributed by atoms with Crippen molar-refractivity contribution in [3.8, 4) is 6.07 Å². The number of ether oxygens (including phenoxy) is 1. The Hall–Kier alpha value is -3.41. The second-order valence-corrected chi connectivity index (χ2v) is 7.75. The molecular formula is C21H24N4O5. The standard InChI is InChI=1S/C21H24N4O5/c1-13-5-3-4-10-21(13)19(28)25(20(29)24-21)12-17(26)30-14(2)18(27)23-16-8-6-15(11-22)7-9-16/h6-9,13-14H,3-5,10,12H2,1-2H3,(H,23,27)(H,24,29)/t13-,14-,21-/m0/s1. The summed E-state index contributed by atoms with van der Waals surface area (Å²) in [5.41, 5.74) is -0.0518. The predicted octanol–water partition coefficient (Wildman–Crippen LogP) is 1.93. The second kappa shape index (κ2) is 8.53. The van der Waals surface area contributed by atoms with E-state index in [4.69, 9.17) is 10.00 Å². The molecule has 1 aromatic carbocycles. The van der Waals surface area contributed by atoms with E-state index in [-0.39, 0.29) is 5.92 Å². The molecule has 3 rings (SSSR count). The number of nitrogens with zero attached hydrogens (tertiary/aromatic N) is 2. The molecule has 30 heavy (non-hydrogen) atoms. The van der Waals surface area contributed by atoms with Gasteiger partial charge in [-0.1, -0.05) is 19.8 Å². The smallest absolute Gasteiger partial charge is 0.327 e. The van der Waals surface area contributed by atoms with E-state index in [2.05, 4.69) is 10.6 Å². The number of urea groups is 1. The van der Waals surface area contributed by atoms with Crippen molar-refractivity contribution in [1.29, 1.82) is 5.26 Å². The first-order valence-corrected chi connectivity index (χ1v) is 9.91. The number of anilines is 1. The summed E-state index contributed by atoms with van der Waals surface area (Å²) in [7, 11) is 0. The number of esters is 1. The zero-order valence-electron chi connectivity index (χ0n) is 16.9. The molecule has 1 aromatic rings. The molecule has 0 bridgehead atoms. The minimum Gasteiger partial charge on any atom is -0.451 e. The maximum atomic E-state index is 12.9. The SMILES string of the molecule is C[C@H](OC(=O)CN1C(=O)N[C@]2(CCCC[C@@H]2C)C1=O)C(=O)Nc1ccc(C#N)cc1. The molecule has 9 nitrogen and oxygen atoms in total. The Kier molecular flexibility index (Phi) is 6.06. The number of amides is 4. The molecular weight excluding hydrogens is 388 g/mol. The van der Waals surface area contributed by atoms with Crippen LogP contribution in [0.4, 0.5) is 10.5 Å². The zero-order valence-corrected chi connectivity index (χ0v) is 16.9. The fourth-order valence-electron chi connectivity index (χ4n) is 3.93. The summed E-state index contributed by atoms with van der Waals surface area (Å²) in [6, 6.07) is 7.58. The summed E-state index contributed by atoms with van der Waals surface area (Å²) in [5, 5.41) is 14.1. The van der Waals surface area contributed by atoms with Crippen LogP contribution in [0.25, 0.3) is 0 Å². The van der Waals surface area contributed by atoms with Gasteiger partial charge in [-0.3, -0.25) is 19.3 Å². The molecule has 0 unspecified atom stereocenters. The van der Waals surface area contributed by atoms with Crippen LogP contribution >= 0.6 is 0 Å². The highest BCUT2D eigenvalue weighted by molar-refractivity contribution is 6.09. The fraction of sp³-hybridized carbons (Fsp3) is 0.476. The monoisotopic (exact) mass is 412 g/mol. The Morgan fingerprint density at radius 2 is 2.03 bits per heavy atom. The number of nitrogens with one attached hydrogen (secondary N) is 2. The summed E-state index contributed by atoms with van der Waals surface area (Å²) < 4.78 is 5.11. The molecule has 1 heterocycles. The van der Waals surface area contributed by atoms with Gasteiger partial charge in [0.15, 0.2) is 6.10 Å². The topological polar surface area (TPSA) is 129 Å². The van der Waals surface area contributed by atoms with Gasteiger partial charge in [-0.25, -0.2) is 4.79 Å². The van der Waals surface area contributed by atoms with Crippen molar-refractivity contribution in [2.45, 2.75) is 51.2 Å². The van der Waals surface area contributed by atoms with E-state index in [9.17, 15) is 19.2 Å². The number of imide groups is 1. The van der Waals surface area contributed by atoms with Crippen LogP contribution in [0.2, 0.25) is 0 Å². The summed E-state index contributed by atoms with van der Waals surface area (Å²) in [5.74, 6) is -1.84. The van der Waals surface area contributed by atoms with Gasteiger partial charge < -0.3 is 15.4 Å². The van der Waals surface area contributed by atoms with Crippen LogP contribution in [0.1, 0.15) is 45.1 Å². The van der Waals surface area contributed by atoms with Crippen molar-refractivity contribution in [1.82, 2.24) is 10.2 Å². The largest absolute Gasteiger partial charge is 0.451 e. The predicted molar refractivity (Wildman–Crippen MR) is 106 cm³/mol. The van der Waals surface area contributed by atoms with Crippen LogP contribution in [-0.2, 0) is 19.1 Å². The normalized spacial score (nSPS) is 24.2. The molecule has 1 spiro atoms. The third kappa shape index (κ3) is 4.13. The maximum absolute atomic E-state index is 12.9. The van der Waals surface area contributed by atoms with Gasteiger partial charge in [-0.15, -0.1) is 0 Å². The average molecular weight is 412 g/mol. The average Bonchev–Trinajstić information content (AvgIpc) is 2.95. The molecule has 0 aromatic heterocycles. The van der Waals surface area contributed by atoms with Crippen LogP contribution in [-0.4, -0.2) is 46.9 Å². The molecule has 1 saturated heterocycles. The van der Waals surface area contributed by atoms with Crippen molar-refractivity contribution in [3.05, 3.63) is 29.8 Å². The number of rotatable bonds is 5. The van der Waals surface area contributed by atoms with Crippen LogP contribution in [0.15, 0.2) is 24.3 Å². The van der Waals surface area contributed by atoms with Crippen LogP contribution in [0, 0.1) is 17.2 Å². The van der Waals surface area contributed by atoms with Crippen LogP contribution in [0.5, 0.6) is 0 Å². The Balaban J connectivity index is 1.56. The molecule has 2 fully saturated rings. The van der Waals surface area contributed by atoms with Crippen molar-refractivity contribution in [2.75, 3.05) is 11.9 Å². The van der Waals surface area contributed by atoms with Crippen molar-refractivity contribution in [3.63, 3.8) is 0 Å². The fourth-order valence-corrected chi connectivity index (χ4v) is 3.93. The van der Waals surface area contributed by atoms with Crippen molar-refractivity contribution in [2.24, 2.45) is 5.92 Å². The molecule has 0 radical (unpaired) electrons. The van der Waals surface area contributed by atoms with E-state index in [1.807, 2.05) is 13.0 Å². The number of carbonyl (C=O) groups is 4. The molecule has 9 heteroatoms. The summed E-state index contributed by atoms with van der Waals surface area (Å²) in [6.07, 6.45) is 2.09. The Bertz CT molecular complexity index is 907. The number of carbonyl (C=O) groups excluding carboxylic acids is 4. The first kappa shape index (κ1) is 21.3. The lowest BCUT2D eigenvalue weighted by Crippen LogP contribution is -2.54. The number of nitriles is 1. The molecule has 4 amide bonds. The minimum atomic E-state index is -1.13. The van der Waals surface area contributed by atoms with E-state index in [0.29, 0.717) is 17.7 Å². The van der Waals surface area contributed by atoms with Crippen LogP contribution < -0.4 is 10.6 Å². The van der Waals surface area contributed by atoms with Gasteiger partial charge in [0.2, 0.25) is 0 Å². The molecule has 158 valence electrons. The zero-order chi connectivity index (χ0) is 21.9. The van der Waals surface area contributed by atoms with Gasteiger partial charge in [0.1, 0.15) is 12.1 Å². The Morgan fingerprint density at radius 3 is 2.67 bits per heavy atom. The van der Waals surface area contributed by atoms with Crippen molar-refractivity contribution >= 4 is 29.5 Å². The Morgan fingerprint density at radius 1 is 1.33 bits per heavy atom. The third-order valence-corrected chi connectivity index (χ3v) is 5.75. The lowest BCUT2D eigenvalue weighted by atomic mass is 9.73. The number of hydrogen-bond acceptors (Lipinski definition) is 6. The van der Waals surface area contributed by atoms with Gasteiger partial charge in [0, 0.05) is 5.69 Å². The highest BCUT2D eigenvalue weighted by atomic mass is 16.5. The van der Waals surface area contributed by atoms with Gasteiger partial charge in [0.05, 0.1) is 11.6 Å². The summed E-state index contributed by atoms with van der Waals surface area (Å²) in [4.78, 5) is 50.6. The second-order valence-electron chi connectivity index (χ2n) is 7.75. The molecule has 1 aliphatic carbocycles. The lowest BCUT2D eigenvalue weighted by molar-refractivity contribution is -0.155. The summed E-state index contributed by atoms with van der Waals surface area (Å²) >= 11 is 0. The number of hydrogen-bond donors (Lipinski definition) is 2. The Labute approximate surface area is 174 Å². The maximum Gasteiger partial charge on any atom is 0.327 e. The van der Waals surface area contributed by atoms with E-state index in [1.165, 1.54) is 6.92 Å². The van der Waals surface area contributed by atoms with Gasteiger partial charge >= 0.3 is 12.0 Å². The third-order valence-electron chi connectivity index (χ3n) is 5.75. The molecule has 1 saturated carbocycles. The molecule has 3 atom stereocenters. The molecule has 2 N–H and O–H groups in total. The van der Waals surface area contributed by atoms with Gasteiger partial charge in [-0.05, 0) is 49.9 Å². The highest BCUT2D eigenvalue weighted by Crippen LogP contribution is 2.38. The summed E-state index contributed by atoms with van der Waals surface area (Å²) in [6.45, 7) is 2.77. The van der Waals surface area contributed by atoms with Gasteiger partial charge in [0.25, 0.3) is 11.8 Å². The van der Waals surface area contributed by atoms with E-state index < -0.39 is 42.0 Å². The first-order chi connectivity index (χ1) is 14.3.